The Bertz CT molecular complexity index is 287. The molecular formula is C11H17NO2. The highest BCUT2D eigenvalue weighted by molar-refractivity contribution is 5.41. The standard InChI is InChI=1S/C11H17NO2/c1-4-14-12-7-10-5-8(2)11(13)9(3)6-10/h5-6,12-13H,4,7H2,1-3H3. The van der Waals surface area contributed by atoms with Crippen molar-refractivity contribution in [2.24, 2.45) is 0 Å². The van der Waals surface area contributed by atoms with Crippen LogP contribution in [0.5, 0.6) is 5.75 Å². The Kier molecular flexibility index (Phi) is 3.92. The van der Waals surface area contributed by atoms with Crippen LogP contribution >= 0.6 is 0 Å². The Morgan fingerprint density at radius 1 is 1.29 bits per heavy atom. The van der Waals surface area contributed by atoms with Gasteiger partial charge in [-0.05, 0) is 37.5 Å². The van der Waals surface area contributed by atoms with Gasteiger partial charge in [0, 0.05) is 6.54 Å². The molecule has 1 rings (SSSR count). The molecule has 1 aromatic rings. The normalized spacial score (nSPS) is 10.5. The highest BCUT2D eigenvalue weighted by Gasteiger charge is 2.02. The third-order valence-corrected chi connectivity index (χ3v) is 2.07. The lowest BCUT2D eigenvalue weighted by Crippen LogP contribution is -2.13. The van der Waals surface area contributed by atoms with Crippen LogP contribution in [-0.2, 0) is 11.4 Å². The second-order valence-electron chi connectivity index (χ2n) is 3.33. The third-order valence-electron chi connectivity index (χ3n) is 2.07. The fourth-order valence-corrected chi connectivity index (χ4v) is 1.38. The van der Waals surface area contributed by atoms with E-state index in [1.807, 2.05) is 32.9 Å². The molecule has 0 spiro atoms. The van der Waals surface area contributed by atoms with Crippen molar-refractivity contribution in [1.29, 1.82) is 0 Å². The summed E-state index contributed by atoms with van der Waals surface area (Å²) in [6.07, 6.45) is 0. The van der Waals surface area contributed by atoms with Crippen molar-refractivity contribution in [3.05, 3.63) is 28.8 Å². The fraction of sp³-hybridized carbons (Fsp3) is 0.455. The van der Waals surface area contributed by atoms with Crippen molar-refractivity contribution >= 4 is 0 Å². The first-order chi connectivity index (χ1) is 6.65. The predicted octanol–water partition coefficient (Wildman–Crippen LogP) is 2.05. The summed E-state index contributed by atoms with van der Waals surface area (Å²) < 4.78 is 0. The van der Waals surface area contributed by atoms with Crippen molar-refractivity contribution in [3.63, 3.8) is 0 Å². The van der Waals surface area contributed by atoms with Gasteiger partial charge in [0.05, 0.1) is 6.61 Å². The van der Waals surface area contributed by atoms with Crippen molar-refractivity contribution < 1.29 is 9.94 Å². The molecular weight excluding hydrogens is 178 g/mol. The Labute approximate surface area is 84.7 Å². The molecule has 0 fully saturated rings. The molecule has 3 heteroatoms. The lowest BCUT2D eigenvalue weighted by Gasteiger charge is -2.08. The quantitative estimate of drug-likeness (QED) is 0.570. The molecule has 0 saturated carbocycles. The van der Waals surface area contributed by atoms with E-state index in [1.165, 1.54) is 0 Å². The van der Waals surface area contributed by atoms with Crippen LogP contribution in [0.1, 0.15) is 23.6 Å². The molecule has 78 valence electrons. The van der Waals surface area contributed by atoms with Crippen LogP contribution in [-0.4, -0.2) is 11.7 Å². The molecule has 0 aromatic heterocycles. The molecule has 0 heterocycles. The number of rotatable bonds is 4. The van der Waals surface area contributed by atoms with Gasteiger partial charge in [-0.15, -0.1) is 0 Å². The Morgan fingerprint density at radius 2 is 1.86 bits per heavy atom. The summed E-state index contributed by atoms with van der Waals surface area (Å²) in [4.78, 5) is 5.03. The molecule has 0 aliphatic rings. The Balaban J connectivity index is 2.69. The van der Waals surface area contributed by atoms with E-state index in [1.54, 1.807) is 0 Å². The monoisotopic (exact) mass is 195 g/mol. The smallest absolute Gasteiger partial charge is 0.121 e. The van der Waals surface area contributed by atoms with Gasteiger partial charge in [0.2, 0.25) is 0 Å². The zero-order chi connectivity index (χ0) is 10.6. The zero-order valence-corrected chi connectivity index (χ0v) is 8.92. The maximum Gasteiger partial charge on any atom is 0.121 e. The minimum absolute atomic E-state index is 0.380. The van der Waals surface area contributed by atoms with Crippen LogP contribution in [0, 0.1) is 13.8 Å². The van der Waals surface area contributed by atoms with E-state index in [0.29, 0.717) is 18.9 Å². The second-order valence-corrected chi connectivity index (χ2v) is 3.33. The largest absolute Gasteiger partial charge is 0.507 e. The van der Waals surface area contributed by atoms with Gasteiger partial charge in [-0.2, -0.15) is 5.48 Å². The number of benzene rings is 1. The van der Waals surface area contributed by atoms with E-state index >= 15 is 0 Å². The van der Waals surface area contributed by atoms with Crippen molar-refractivity contribution in [2.45, 2.75) is 27.3 Å². The molecule has 0 unspecified atom stereocenters. The second kappa shape index (κ2) is 4.98. The van der Waals surface area contributed by atoms with E-state index in [0.717, 1.165) is 16.7 Å². The van der Waals surface area contributed by atoms with Crippen LogP contribution < -0.4 is 5.48 Å². The lowest BCUT2D eigenvalue weighted by molar-refractivity contribution is 0.0463. The number of hydrogen-bond donors (Lipinski definition) is 2. The SMILES string of the molecule is CCONCc1cc(C)c(O)c(C)c1. The number of nitrogens with one attached hydrogen (secondary N) is 1. The maximum atomic E-state index is 9.55. The molecule has 0 atom stereocenters. The summed E-state index contributed by atoms with van der Waals surface area (Å²) in [6.45, 7) is 7.03. The van der Waals surface area contributed by atoms with Crippen LogP contribution in [0.2, 0.25) is 0 Å². The van der Waals surface area contributed by atoms with E-state index in [9.17, 15) is 5.11 Å². The third kappa shape index (κ3) is 2.72. The summed E-state index contributed by atoms with van der Waals surface area (Å²) in [7, 11) is 0. The summed E-state index contributed by atoms with van der Waals surface area (Å²) in [5.41, 5.74) is 5.76. The van der Waals surface area contributed by atoms with Gasteiger partial charge in [0.1, 0.15) is 5.75 Å². The number of aryl methyl sites for hydroxylation is 2. The number of phenolic OH excluding ortho intramolecular Hbond substituents is 1. The van der Waals surface area contributed by atoms with E-state index in [2.05, 4.69) is 5.48 Å². The minimum atomic E-state index is 0.380. The number of hydroxylamine groups is 1. The molecule has 0 saturated heterocycles. The van der Waals surface area contributed by atoms with Crippen LogP contribution in [0.15, 0.2) is 12.1 Å². The molecule has 0 radical (unpaired) electrons. The van der Waals surface area contributed by atoms with E-state index < -0.39 is 0 Å². The average Bonchev–Trinajstić information content (AvgIpc) is 2.14. The first-order valence-corrected chi connectivity index (χ1v) is 4.79. The van der Waals surface area contributed by atoms with Crippen molar-refractivity contribution in [1.82, 2.24) is 5.48 Å². The highest BCUT2D eigenvalue weighted by atomic mass is 16.6. The summed E-state index contributed by atoms with van der Waals surface area (Å²) in [5.74, 6) is 0.380. The molecule has 2 N–H and O–H groups in total. The zero-order valence-electron chi connectivity index (χ0n) is 8.92. The van der Waals surface area contributed by atoms with Crippen LogP contribution in [0.4, 0.5) is 0 Å². The molecule has 0 amide bonds. The lowest BCUT2D eigenvalue weighted by atomic mass is 10.1. The summed E-state index contributed by atoms with van der Waals surface area (Å²) >= 11 is 0. The first kappa shape index (κ1) is 11.0. The summed E-state index contributed by atoms with van der Waals surface area (Å²) in [6, 6.07) is 3.91. The van der Waals surface area contributed by atoms with Gasteiger partial charge in [-0.3, -0.25) is 0 Å². The average molecular weight is 195 g/mol. The molecule has 1 aromatic carbocycles. The van der Waals surface area contributed by atoms with E-state index in [-0.39, 0.29) is 0 Å². The Hall–Kier alpha value is -1.06. The number of hydrogen-bond acceptors (Lipinski definition) is 3. The van der Waals surface area contributed by atoms with Gasteiger partial charge in [0.25, 0.3) is 0 Å². The van der Waals surface area contributed by atoms with Crippen LogP contribution in [0.3, 0.4) is 0 Å². The maximum absolute atomic E-state index is 9.55. The predicted molar refractivity (Wildman–Crippen MR) is 56.0 cm³/mol. The molecule has 0 aliphatic carbocycles. The highest BCUT2D eigenvalue weighted by Crippen LogP contribution is 2.22. The first-order valence-electron chi connectivity index (χ1n) is 4.79. The molecule has 0 bridgehead atoms. The van der Waals surface area contributed by atoms with E-state index in [4.69, 9.17) is 4.84 Å². The molecule has 14 heavy (non-hydrogen) atoms. The van der Waals surface area contributed by atoms with Gasteiger partial charge < -0.3 is 9.94 Å². The summed E-state index contributed by atoms with van der Waals surface area (Å²) in [5, 5.41) is 9.55. The topological polar surface area (TPSA) is 41.5 Å². The Morgan fingerprint density at radius 3 is 2.36 bits per heavy atom. The number of phenols is 1. The van der Waals surface area contributed by atoms with Gasteiger partial charge >= 0.3 is 0 Å². The molecule has 0 aliphatic heterocycles. The van der Waals surface area contributed by atoms with Crippen molar-refractivity contribution in [3.8, 4) is 5.75 Å². The van der Waals surface area contributed by atoms with Crippen molar-refractivity contribution in [2.75, 3.05) is 6.61 Å². The van der Waals surface area contributed by atoms with Gasteiger partial charge in [-0.25, -0.2) is 0 Å². The van der Waals surface area contributed by atoms with Crippen LogP contribution in [0.25, 0.3) is 0 Å². The number of aromatic hydroxyl groups is 1. The molecule has 3 nitrogen and oxygen atoms in total. The van der Waals surface area contributed by atoms with Gasteiger partial charge in [-0.1, -0.05) is 12.1 Å². The minimum Gasteiger partial charge on any atom is -0.507 e. The van der Waals surface area contributed by atoms with Gasteiger partial charge in [0.15, 0.2) is 0 Å². The fourth-order valence-electron chi connectivity index (χ4n) is 1.38.